The Morgan fingerprint density at radius 1 is 1.15 bits per heavy atom. The van der Waals surface area contributed by atoms with Crippen molar-refractivity contribution in [3.05, 3.63) is 59.7 Å². The van der Waals surface area contributed by atoms with Crippen LogP contribution in [-0.2, 0) is 11.3 Å². The van der Waals surface area contributed by atoms with E-state index >= 15 is 0 Å². The van der Waals surface area contributed by atoms with Gasteiger partial charge >= 0.3 is 0 Å². The minimum Gasteiger partial charge on any atom is -0.493 e. The quantitative estimate of drug-likeness (QED) is 0.535. The lowest BCUT2D eigenvalue weighted by molar-refractivity contribution is -0.127. The lowest BCUT2D eigenvalue weighted by Gasteiger charge is -2.31. The van der Waals surface area contributed by atoms with Crippen LogP contribution in [0.25, 0.3) is 11.4 Å². The first-order valence-corrected chi connectivity index (χ1v) is 11.3. The minimum absolute atomic E-state index is 0.0451. The molecule has 8 nitrogen and oxygen atoms in total. The van der Waals surface area contributed by atoms with E-state index in [0.29, 0.717) is 35.3 Å². The maximum absolute atomic E-state index is 13.1. The Labute approximate surface area is 198 Å². The van der Waals surface area contributed by atoms with Crippen LogP contribution in [0.15, 0.2) is 47.0 Å². The molecule has 0 saturated carbocycles. The number of benzene rings is 2. The lowest BCUT2D eigenvalue weighted by atomic mass is 9.95. The number of nitrogens with zero attached hydrogens (tertiary/aromatic N) is 3. The van der Waals surface area contributed by atoms with Crippen molar-refractivity contribution >= 4 is 5.91 Å². The van der Waals surface area contributed by atoms with Gasteiger partial charge in [-0.15, -0.1) is 0 Å². The van der Waals surface area contributed by atoms with Gasteiger partial charge < -0.3 is 19.3 Å². The molecule has 2 heterocycles. The van der Waals surface area contributed by atoms with E-state index in [9.17, 15) is 9.18 Å². The fraction of sp³-hybridized carbons (Fsp3) is 0.400. The van der Waals surface area contributed by atoms with Crippen LogP contribution in [0.4, 0.5) is 4.39 Å². The molecule has 180 valence electrons. The molecule has 1 amide bonds. The highest BCUT2D eigenvalue weighted by atomic mass is 19.1. The zero-order valence-corrected chi connectivity index (χ0v) is 19.6. The smallest absolute Gasteiger partial charge is 0.241 e. The van der Waals surface area contributed by atoms with Gasteiger partial charge in [-0.3, -0.25) is 9.69 Å². The van der Waals surface area contributed by atoms with Crippen LogP contribution in [0.5, 0.6) is 11.5 Å². The Morgan fingerprint density at radius 2 is 1.85 bits per heavy atom. The van der Waals surface area contributed by atoms with Crippen molar-refractivity contribution in [1.82, 2.24) is 20.4 Å². The van der Waals surface area contributed by atoms with E-state index in [2.05, 4.69) is 20.4 Å². The van der Waals surface area contributed by atoms with Gasteiger partial charge in [-0.25, -0.2) is 4.39 Å². The molecule has 0 aliphatic carbocycles. The van der Waals surface area contributed by atoms with Crippen LogP contribution in [-0.4, -0.2) is 48.3 Å². The number of methoxy groups -OCH3 is 2. The van der Waals surface area contributed by atoms with Crippen molar-refractivity contribution in [1.29, 1.82) is 0 Å². The van der Waals surface area contributed by atoms with E-state index in [4.69, 9.17) is 14.0 Å². The average molecular weight is 469 g/mol. The summed E-state index contributed by atoms with van der Waals surface area (Å²) in [5, 5.41) is 7.12. The highest BCUT2D eigenvalue weighted by Gasteiger charge is 2.27. The number of amides is 1. The number of ether oxygens (including phenoxy) is 2. The molecular formula is C25H29FN4O4. The molecule has 1 aromatic heterocycles. The predicted molar refractivity (Wildman–Crippen MR) is 124 cm³/mol. The molecule has 0 radical (unpaired) electrons. The second kappa shape index (κ2) is 10.6. The second-order valence-corrected chi connectivity index (χ2v) is 8.41. The van der Waals surface area contributed by atoms with Gasteiger partial charge in [0.05, 0.1) is 26.8 Å². The van der Waals surface area contributed by atoms with E-state index in [1.807, 2.05) is 25.1 Å². The summed E-state index contributed by atoms with van der Waals surface area (Å²) >= 11 is 0. The van der Waals surface area contributed by atoms with Gasteiger partial charge in [0.25, 0.3) is 0 Å². The maximum atomic E-state index is 13.1. The number of nitrogens with one attached hydrogen (secondary N) is 1. The van der Waals surface area contributed by atoms with Crippen LogP contribution < -0.4 is 14.8 Å². The number of carbonyl (C=O) groups excluding carboxylic acids is 1. The number of carbonyl (C=O) groups is 1. The minimum atomic E-state index is -0.308. The van der Waals surface area contributed by atoms with Crippen molar-refractivity contribution in [3.63, 3.8) is 0 Å². The Hall–Kier alpha value is -3.46. The molecule has 1 aliphatic heterocycles. The first-order chi connectivity index (χ1) is 16.5. The van der Waals surface area contributed by atoms with Crippen molar-refractivity contribution < 1.29 is 23.2 Å². The van der Waals surface area contributed by atoms with Gasteiger partial charge in [-0.05, 0) is 74.8 Å². The molecule has 1 atom stereocenters. The number of likely N-dealkylation sites (tertiary alicyclic amines) is 1. The Bertz CT molecular complexity index is 1110. The molecule has 1 aliphatic rings. The third-order valence-electron chi connectivity index (χ3n) is 6.15. The normalized spacial score (nSPS) is 15.6. The number of aromatic nitrogens is 2. The van der Waals surface area contributed by atoms with Crippen molar-refractivity contribution in [3.8, 4) is 22.9 Å². The molecule has 0 spiro atoms. The number of hydrogen-bond donors (Lipinski definition) is 1. The van der Waals surface area contributed by atoms with Crippen LogP contribution in [0.2, 0.25) is 0 Å². The van der Waals surface area contributed by atoms with Crippen LogP contribution in [0.1, 0.15) is 37.3 Å². The Morgan fingerprint density at radius 3 is 2.53 bits per heavy atom. The molecular weight excluding hydrogens is 439 g/mol. The first kappa shape index (κ1) is 23.7. The van der Waals surface area contributed by atoms with Gasteiger partial charge in [0.1, 0.15) is 5.82 Å². The van der Waals surface area contributed by atoms with Gasteiger partial charge in [0.2, 0.25) is 17.6 Å². The fourth-order valence-electron chi connectivity index (χ4n) is 4.12. The molecule has 1 fully saturated rings. The molecule has 1 saturated heterocycles. The zero-order chi connectivity index (χ0) is 24.1. The highest BCUT2D eigenvalue weighted by molar-refractivity contribution is 5.79. The average Bonchev–Trinajstić information content (AvgIpc) is 3.32. The van der Waals surface area contributed by atoms with Crippen LogP contribution in [0.3, 0.4) is 0 Å². The summed E-state index contributed by atoms with van der Waals surface area (Å²) in [6.07, 6.45) is 1.51. The van der Waals surface area contributed by atoms with Gasteiger partial charge in [-0.2, -0.15) is 4.98 Å². The molecule has 3 aromatic rings. The highest BCUT2D eigenvalue weighted by Crippen LogP contribution is 2.30. The summed E-state index contributed by atoms with van der Waals surface area (Å²) in [6.45, 7) is 4.00. The van der Waals surface area contributed by atoms with E-state index < -0.39 is 0 Å². The summed E-state index contributed by atoms with van der Waals surface area (Å²) < 4.78 is 29.1. The van der Waals surface area contributed by atoms with Crippen molar-refractivity contribution in [2.75, 3.05) is 27.3 Å². The third kappa shape index (κ3) is 5.53. The Kier molecular flexibility index (Phi) is 7.42. The molecule has 9 heteroatoms. The zero-order valence-electron chi connectivity index (χ0n) is 19.6. The summed E-state index contributed by atoms with van der Waals surface area (Å²) in [5.74, 6) is 1.94. The molecule has 2 aromatic carbocycles. The second-order valence-electron chi connectivity index (χ2n) is 8.41. The van der Waals surface area contributed by atoms with Gasteiger partial charge in [0.15, 0.2) is 11.5 Å². The summed E-state index contributed by atoms with van der Waals surface area (Å²) in [4.78, 5) is 19.5. The largest absolute Gasteiger partial charge is 0.493 e. The summed E-state index contributed by atoms with van der Waals surface area (Å²) in [7, 11) is 3.19. The van der Waals surface area contributed by atoms with Gasteiger partial charge in [-0.1, -0.05) is 11.2 Å². The molecule has 4 rings (SSSR count). The van der Waals surface area contributed by atoms with Crippen LogP contribution >= 0.6 is 0 Å². The maximum Gasteiger partial charge on any atom is 0.241 e. The number of rotatable bonds is 8. The predicted octanol–water partition coefficient (Wildman–Crippen LogP) is 3.98. The van der Waals surface area contributed by atoms with E-state index in [-0.39, 0.29) is 23.7 Å². The molecule has 0 bridgehead atoms. The Balaban J connectivity index is 1.27. The lowest BCUT2D eigenvalue weighted by Crippen LogP contribution is -2.40. The monoisotopic (exact) mass is 468 g/mol. The fourth-order valence-corrected chi connectivity index (χ4v) is 4.12. The van der Waals surface area contributed by atoms with E-state index in [1.165, 1.54) is 12.1 Å². The number of hydrogen-bond acceptors (Lipinski definition) is 7. The van der Waals surface area contributed by atoms with Crippen LogP contribution in [0, 0.1) is 11.7 Å². The molecule has 1 N–H and O–H groups in total. The van der Waals surface area contributed by atoms with Crippen molar-refractivity contribution in [2.24, 2.45) is 5.92 Å². The number of piperidine rings is 1. The molecule has 1 unspecified atom stereocenters. The third-order valence-corrected chi connectivity index (χ3v) is 6.15. The summed E-state index contributed by atoms with van der Waals surface area (Å²) in [5.41, 5.74) is 1.66. The van der Waals surface area contributed by atoms with E-state index in [1.54, 1.807) is 26.4 Å². The van der Waals surface area contributed by atoms with Gasteiger partial charge in [0, 0.05) is 11.5 Å². The molecule has 34 heavy (non-hydrogen) atoms. The first-order valence-electron chi connectivity index (χ1n) is 11.3. The number of halogens is 1. The van der Waals surface area contributed by atoms with E-state index in [0.717, 1.165) is 31.5 Å². The van der Waals surface area contributed by atoms with Crippen molar-refractivity contribution in [2.45, 2.75) is 32.4 Å². The SMILES string of the molecule is COc1ccc(C(C)NC(=O)C2CCN(Cc3nc(-c4ccc(F)cc4)no3)CC2)cc1OC. The standard InChI is InChI=1S/C25H29FN4O4/c1-16(19-6-9-21(32-2)22(14-19)33-3)27-25(31)18-10-12-30(13-11-18)15-23-28-24(29-34-23)17-4-7-20(26)8-5-17/h4-9,14,16,18H,10-13,15H2,1-3H3,(H,27,31). The summed E-state index contributed by atoms with van der Waals surface area (Å²) in [6, 6.07) is 11.5. The topological polar surface area (TPSA) is 89.7 Å².